The lowest BCUT2D eigenvalue weighted by atomic mass is 9.99. The van der Waals surface area contributed by atoms with Crippen LogP contribution < -0.4 is 4.90 Å². The molecule has 0 N–H and O–H groups in total. The second-order valence-electron chi connectivity index (χ2n) is 7.32. The van der Waals surface area contributed by atoms with Gasteiger partial charge in [-0.3, -0.25) is 0 Å². The van der Waals surface area contributed by atoms with Crippen molar-refractivity contribution in [1.29, 1.82) is 0 Å². The van der Waals surface area contributed by atoms with Crippen molar-refractivity contribution in [3.05, 3.63) is 30.0 Å². The Morgan fingerprint density at radius 1 is 1.25 bits per heavy atom. The highest BCUT2D eigenvalue weighted by Crippen LogP contribution is 2.29. The van der Waals surface area contributed by atoms with Gasteiger partial charge in [0.25, 0.3) is 0 Å². The molecule has 2 aromatic rings. The number of rotatable bonds is 4. The topological polar surface area (TPSA) is 43.2 Å². The van der Waals surface area contributed by atoms with E-state index in [9.17, 15) is 0 Å². The van der Waals surface area contributed by atoms with E-state index in [0.29, 0.717) is 0 Å². The van der Waals surface area contributed by atoms with Crippen molar-refractivity contribution in [1.82, 2.24) is 15.0 Å². The van der Waals surface area contributed by atoms with Gasteiger partial charge in [-0.15, -0.1) is 5.10 Å². The van der Waals surface area contributed by atoms with E-state index in [1.165, 1.54) is 29.7 Å². The van der Waals surface area contributed by atoms with Crippen molar-refractivity contribution in [2.45, 2.75) is 45.8 Å². The van der Waals surface area contributed by atoms with E-state index < -0.39 is 0 Å². The van der Waals surface area contributed by atoms with Crippen LogP contribution in [0.15, 0.2) is 24.4 Å². The van der Waals surface area contributed by atoms with Crippen LogP contribution in [0.2, 0.25) is 0 Å². The molecule has 0 aliphatic carbocycles. The first-order valence-corrected chi connectivity index (χ1v) is 9.07. The summed E-state index contributed by atoms with van der Waals surface area (Å²) in [4.78, 5) is 2.43. The third-order valence-electron chi connectivity index (χ3n) is 5.12. The standard InChI is InChI=1S/C19H26N4O/c1-14-10-22(11-14)16-6-7-18(15(2)9-16)19-13-23(21-20-19)12-17-5-3-4-8-24-17/h6-7,9,13-14,17H,3-5,8,10-12H2,1-2H3. The first-order chi connectivity index (χ1) is 11.7. The number of hydrogen-bond acceptors (Lipinski definition) is 4. The molecule has 1 unspecified atom stereocenters. The Morgan fingerprint density at radius 3 is 2.83 bits per heavy atom. The molecule has 0 radical (unpaired) electrons. The summed E-state index contributed by atoms with van der Waals surface area (Å²) in [5, 5.41) is 8.68. The summed E-state index contributed by atoms with van der Waals surface area (Å²) in [6, 6.07) is 6.65. The lowest BCUT2D eigenvalue weighted by Gasteiger charge is -2.39. The molecule has 2 fully saturated rings. The number of nitrogens with zero attached hydrogens (tertiary/aromatic N) is 4. The second kappa shape index (κ2) is 6.55. The summed E-state index contributed by atoms with van der Waals surface area (Å²) < 4.78 is 7.72. The Hall–Kier alpha value is -1.88. The number of hydrogen-bond donors (Lipinski definition) is 0. The average Bonchev–Trinajstić information content (AvgIpc) is 3.01. The minimum atomic E-state index is 0.283. The van der Waals surface area contributed by atoms with E-state index >= 15 is 0 Å². The molecule has 1 aromatic heterocycles. The van der Waals surface area contributed by atoms with Crippen molar-refractivity contribution in [3.63, 3.8) is 0 Å². The van der Waals surface area contributed by atoms with Gasteiger partial charge in [0.2, 0.25) is 0 Å². The molecule has 5 heteroatoms. The van der Waals surface area contributed by atoms with Gasteiger partial charge in [-0.05, 0) is 49.8 Å². The first-order valence-electron chi connectivity index (χ1n) is 9.07. The van der Waals surface area contributed by atoms with E-state index in [4.69, 9.17) is 4.74 Å². The maximum Gasteiger partial charge on any atom is 0.113 e. The third kappa shape index (κ3) is 3.18. The number of benzene rings is 1. The Labute approximate surface area is 143 Å². The van der Waals surface area contributed by atoms with Crippen LogP contribution in [0.4, 0.5) is 5.69 Å². The normalized spacial score (nSPS) is 21.8. The van der Waals surface area contributed by atoms with Gasteiger partial charge in [-0.2, -0.15) is 0 Å². The average molecular weight is 326 g/mol. The van der Waals surface area contributed by atoms with E-state index in [1.54, 1.807) is 0 Å². The van der Waals surface area contributed by atoms with Crippen LogP contribution in [0.25, 0.3) is 11.3 Å². The monoisotopic (exact) mass is 326 g/mol. The van der Waals surface area contributed by atoms with Crippen LogP contribution in [-0.2, 0) is 11.3 Å². The highest BCUT2D eigenvalue weighted by molar-refractivity contribution is 5.67. The Morgan fingerprint density at radius 2 is 2.12 bits per heavy atom. The largest absolute Gasteiger partial charge is 0.376 e. The molecule has 4 rings (SSSR count). The van der Waals surface area contributed by atoms with Crippen molar-refractivity contribution in [3.8, 4) is 11.3 Å². The minimum Gasteiger partial charge on any atom is -0.376 e. The first kappa shape index (κ1) is 15.6. The van der Waals surface area contributed by atoms with Crippen molar-refractivity contribution in [2.24, 2.45) is 5.92 Å². The zero-order valence-corrected chi connectivity index (χ0v) is 14.6. The van der Waals surface area contributed by atoms with E-state index in [0.717, 1.165) is 44.3 Å². The molecular weight excluding hydrogens is 300 g/mol. The van der Waals surface area contributed by atoms with Crippen molar-refractivity contribution >= 4 is 5.69 Å². The summed E-state index contributed by atoms with van der Waals surface area (Å²) in [5.74, 6) is 0.812. The molecule has 3 heterocycles. The number of anilines is 1. The molecule has 0 saturated carbocycles. The third-order valence-corrected chi connectivity index (χ3v) is 5.12. The number of ether oxygens (including phenoxy) is 1. The summed E-state index contributed by atoms with van der Waals surface area (Å²) >= 11 is 0. The Bertz CT molecular complexity index is 699. The zero-order chi connectivity index (χ0) is 16.5. The zero-order valence-electron chi connectivity index (χ0n) is 14.6. The lowest BCUT2D eigenvalue weighted by molar-refractivity contribution is 0.00370. The number of aromatic nitrogens is 3. The Kier molecular flexibility index (Phi) is 4.27. The van der Waals surface area contributed by atoms with Gasteiger partial charge in [0.05, 0.1) is 18.8 Å². The summed E-state index contributed by atoms with van der Waals surface area (Å²) in [7, 11) is 0. The lowest BCUT2D eigenvalue weighted by Crippen LogP contribution is -2.45. The summed E-state index contributed by atoms with van der Waals surface area (Å²) in [6.45, 7) is 8.46. The highest BCUT2D eigenvalue weighted by atomic mass is 16.5. The highest BCUT2D eigenvalue weighted by Gasteiger charge is 2.23. The fraction of sp³-hybridized carbons (Fsp3) is 0.579. The van der Waals surface area contributed by atoms with Gasteiger partial charge in [0.1, 0.15) is 5.69 Å². The molecule has 2 saturated heterocycles. The molecule has 24 heavy (non-hydrogen) atoms. The van der Waals surface area contributed by atoms with Crippen LogP contribution in [0, 0.1) is 12.8 Å². The molecule has 0 amide bonds. The van der Waals surface area contributed by atoms with Crippen LogP contribution >= 0.6 is 0 Å². The molecule has 2 aliphatic heterocycles. The Balaban J connectivity index is 1.47. The van der Waals surface area contributed by atoms with Gasteiger partial charge >= 0.3 is 0 Å². The molecule has 0 bridgehead atoms. The van der Waals surface area contributed by atoms with E-state index in [-0.39, 0.29) is 6.10 Å². The smallest absolute Gasteiger partial charge is 0.113 e. The number of aryl methyl sites for hydroxylation is 1. The summed E-state index contributed by atoms with van der Waals surface area (Å²) in [6.07, 6.45) is 5.88. The van der Waals surface area contributed by atoms with E-state index in [1.807, 2.05) is 10.9 Å². The minimum absolute atomic E-state index is 0.283. The van der Waals surface area contributed by atoms with Crippen molar-refractivity contribution < 1.29 is 4.74 Å². The molecule has 2 aliphatic rings. The molecule has 0 spiro atoms. The SMILES string of the molecule is Cc1cc(N2CC(C)C2)ccc1-c1cn(CC2CCCCO2)nn1. The van der Waals surface area contributed by atoms with Crippen LogP contribution in [-0.4, -0.2) is 40.8 Å². The molecule has 1 aromatic carbocycles. The van der Waals surface area contributed by atoms with Crippen LogP contribution in [0.5, 0.6) is 0 Å². The van der Waals surface area contributed by atoms with Crippen LogP contribution in [0.1, 0.15) is 31.7 Å². The fourth-order valence-electron chi connectivity index (χ4n) is 3.71. The van der Waals surface area contributed by atoms with E-state index in [2.05, 4.69) is 47.3 Å². The van der Waals surface area contributed by atoms with Gasteiger partial charge in [-0.1, -0.05) is 18.2 Å². The van der Waals surface area contributed by atoms with Gasteiger partial charge in [-0.25, -0.2) is 4.68 Å². The second-order valence-corrected chi connectivity index (χ2v) is 7.32. The maximum absolute atomic E-state index is 5.80. The predicted octanol–water partition coefficient (Wildman–Crippen LogP) is 3.28. The molecular formula is C19H26N4O. The molecule has 1 atom stereocenters. The van der Waals surface area contributed by atoms with Gasteiger partial charge in [0, 0.05) is 30.9 Å². The van der Waals surface area contributed by atoms with Crippen LogP contribution in [0.3, 0.4) is 0 Å². The van der Waals surface area contributed by atoms with Gasteiger partial charge in [0.15, 0.2) is 0 Å². The maximum atomic E-state index is 5.80. The summed E-state index contributed by atoms with van der Waals surface area (Å²) in [5.41, 5.74) is 4.69. The molecule has 128 valence electrons. The van der Waals surface area contributed by atoms with Crippen molar-refractivity contribution in [2.75, 3.05) is 24.6 Å². The fourth-order valence-corrected chi connectivity index (χ4v) is 3.71. The quantitative estimate of drug-likeness (QED) is 0.865. The predicted molar refractivity (Wildman–Crippen MR) is 95.2 cm³/mol. The molecule has 5 nitrogen and oxygen atoms in total. The van der Waals surface area contributed by atoms with Gasteiger partial charge < -0.3 is 9.64 Å².